The summed E-state index contributed by atoms with van der Waals surface area (Å²) in [6.07, 6.45) is 6.69. The molecule has 0 saturated heterocycles. The summed E-state index contributed by atoms with van der Waals surface area (Å²) < 4.78 is 11.3. The van der Waals surface area contributed by atoms with Crippen molar-refractivity contribution in [2.24, 2.45) is 10.9 Å². The van der Waals surface area contributed by atoms with Crippen molar-refractivity contribution in [3.63, 3.8) is 0 Å². The molecule has 0 aliphatic heterocycles. The van der Waals surface area contributed by atoms with E-state index < -0.39 is 11.2 Å². The topological polar surface area (TPSA) is 59.3 Å². The van der Waals surface area contributed by atoms with Gasteiger partial charge in [0.25, 0.3) is 0 Å². The van der Waals surface area contributed by atoms with Crippen LogP contribution in [0.1, 0.15) is 48.0 Å². The highest BCUT2D eigenvalue weighted by molar-refractivity contribution is 8.05. The molecule has 3 unspecified atom stereocenters. The molecule has 0 aromatic carbocycles. The van der Waals surface area contributed by atoms with E-state index in [1.807, 2.05) is 26.8 Å². The van der Waals surface area contributed by atoms with Gasteiger partial charge in [0.1, 0.15) is 6.26 Å². The van der Waals surface area contributed by atoms with E-state index in [4.69, 9.17) is 5.41 Å². The third-order valence-electron chi connectivity index (χ3n) is 3.63. The van der Waals surface area contributed by atoms with Gasteiger partial charge in [-0.1, -0.05) is 31.1 Å². The second-order valence-electron chi connectivity index (χ2n) is 5.27. The Morgan fingerprint density at radius 3 is 2.25 bits per heavy atom. The molecule has 0 fully saturated rings. The Morgan fingerprint density at radius 1 is 1.25 bits per heavy atom. The van der Waals surface area contributed by atoms with Crippen LogP contribution in [0.4, 0.5) is 0 Å². The summed E-state index contributed by atoms with van der Waals surface area (Å²) in [7, 11) is 0. The molecule has 0 aromatic heterocycles. The largest absolute Gasteiger partial charge is 0.611 e. The first-order valence-electron chi connectivity index (χ1n) is 7.01. The Labute approximate surface area is 127 Å². The Morgan fingerprint density at radius 2 is 1.80 bits per heavy atom. The molecule has 0 aliphatic rings. The number of rotatable bonds is 6. The predicted octanol–water partition coefficient (Wildman–Crippen LogP) is 4.13. The molecule has 0 amide bonds. The third kappa shape index (κ3) is 6.53. The lowest BCUT2D eigenvalue weighted by Crippen LogP contribution is -2.27. The van der Waals surface area contributed by atoms with Crippen LogP contribution in [-0.4, -0.2) is 27.6 Å². The predicted molar refractivity (Wildman–Crippen MR) is 91.3 cm³/mol. The number of nitrogens with one attached hydrogen (secondary N) is 1. The first kappa shape index (κ1) is 19.1. The second kappa shape index (κ2) is 9.14. The molecule has 4 heteroatoms. The highest BCUT2D eigenvalue weighted by Crippen LogP contribution is 2.13. The van der Waals surface area contributed by atoms with Crippen molar-refractivity contribution in [2.45, 2.75) is 54.0 Å². The lowest BCUT2D eigenvalue weighted by Gasteiger charge is -2.17. The molecule has 3 nitrogen and oxygen atoms in total. The molecular formula is C16H28N2OS. The summed E-state index contributed by atoms with van der Waals surface area (Å²) in [5.41, 5.74) is 3.58. The molecule has 0 aromatic rings. The van der Waals surface area contributed by atoms with Crippen LogP contribution in [0.25, 0.3) is 0 Å². The van der Waals surface area contributed by atoms with Crippen LogP contribution in [0, 0.1) is 11.3 Å². The second-order valence-corrected chi connectivity index (χ2v) is 6.62. The monoisotopic (exact) mass is 296 g/mol. The molecule has 0 saturated carbocycles. The van der Waals surface area contributed by atoms with Gasteiger partial charge in [-0.2, -0.15) is 0 Å². The fraction of sp³-hybridized carbons (Fsp3) is 0.625. The van der Waals surface area contributed by atoms with Crippen molar-refractivity contribution >= 4 is 21.9 Å². The maximum atomic E-state index is 11.3. The van der Waals surface area contributed by atoms with Crippen LogP contribution in [0.3, 0.4) is 0 Å². The molecule has 114 valence electrons. The Balaban J connectivity index is 4.82. The molecule has 0 spiro atoms. The molecular weight excluding hydrogens is 268 g/mol. The van der Waals surface area contributed by atoms with E-state index in [1.165, 1.54) is 11.1 Å². The van der Waals surface area contributed by atoms with Crippen LogP contribution < -0.4 is 0 Å². The number of hydrogen-bond acceptors (Lipinski definition) is 3. The minimum Gasteiger partial charge on any atom is -0.611 e. The normalized spacial score (nSPS) is 18.7. The van der Waals surface area contributed by atoms with Gasteiger partial charge in [-0.15, -0.1) is 0 Å². The SMILES string of the molecule is CC/C(C)=C(C)/C=C\C(C)=N/C(C)C(C)C(=N)[S+](C)[O-]. The zero-order valence-electron chi connectivity index (χ0n) is 13.8. The van der Waals surface area contributed by atoms with E-state index in [9.17, 15) is 4.55 Å². The minimum absolute atomic E-state index is 0.0346. The van der Waals surface area contributed by atoms with Crippen molar-refractivity contribution in [1.29, 1.82) is 5.41 Å². The van der Waals surface area contributed by atoms with Crippen molar-refractivity contribution in [1.82, 2.24) is 0 Å². The third-order valence-corrected chi connectivity index (χ3v) is 4.62. The summed E-state index contributed by atoms with van der Waals surface area (Å²) in [6.45, 7) is 12.2. The van der Waals surface area contributed by atoms with Crippen LogP contribution in [0.15, 0.2) is 28.3 Å². The van der Waals surface area contributed by atoms with Gasteiger partial charge in [0.2, 0.25) is 5.04 Å². The molecule has 0 bridgehead atoms. The first-order chi connectivity index (χ1) is 9.20. The van der Waals surface area contributed by atoms with Crippen molar-refractivity contribution in [2.75, 3.05) is 6.26 Å². The van der Waals surface area contributed by atoms with Gasteiger partial charge in [0.15, 0.2) is 0 Å². The smallest absolute Gasteiger partial charge is 0.217 e. The van der Waals surface area contributed by atoms with Gasteiger partial charge < -0.3 is 4.55 Å². The van der Waals surface area contributed by atoms with E-state index in [2.05, 4.69) is 31.8 Å². The number of aliphatic imine (C=N–C) groups is 1. The molecule has 0 rings (SSSR count). The first-order valence-corrected chi connectivity index (χ1v) is 8.57. The van der Waals surface area contributed by atoms with Gasteiger partial charge in [0.05, 0.1) is 12.0 Å². The molecule has 20 heavy (non-hydrogen) atoms. The van der Waals surface area contributed by atoms with Gasteiger partial charge in [-0.25, -0.2) is 0 Å². The average Bonchev–Trinajstić information content (AvgIpc) is 2.41. The Bertz CT molecular complexity index is 422. The van der Waals surface area contributed by atoms with Crippen LogP contribution in [0.5, 0.6) is 0 Å². The van der Waals surface area contributed by atoms with Crippen molar-refractivity contribution < 1.29 is 4.55 Å². The summed E-state index contributed by atoms with van der Waals surface area (Å²) in [5, 5.41) is 8.04. The highest BCUT2D eigenvalue weighted by Gasteiger charge is 2.23. The maximum absolute atomic E-state index is 11.3. The van der Waals surface area contributed by atoms with E-state index in [1.54, 1.807) is 6.26 Å². The van der Waals surface area contributed by atoms with Gasteiger partial charge in [-0.05, 0) is 51.4 Å². The fourth-order valence-corrected chi connectivity index (χ4v) is 2.34. The van der Waals surface area contributed by atoms with E-state index in [0.717, 1.165) is 12.1 Å². The van der Waals surface area contributed by atoms with Crippen LogP contribution >= 0.6 is 0 Å². The summed E-state index contributed by atoms with van der Waals surface area (Å²) in [4.78, 5) is 4.57. The van der Waals surface area contributed by atoms with Crippen molar-refractivity contribution in [3.8, 4) is 0 Å². The van der Waals surface area contributed by atoms with Crippen LogP contribution in [-0.2, 0) is 11.2 Å². The standard InChI is InChI=1S/C16H28N2OS/c1-8-11(2)12(3)9-10-13(4)18-15(6)14(5)16(17)20(7)19/h9-10,14-15,17H,8H2,1-7H3/b10-9-,12-11+,17-16?,18-13-. The fourth-order valence-electron chi connectivity index (χ4n) is 1.62. The van der Waals surface area contributed by atoms with Crippen molar-refractivity contribution in [3.05, 3.63) is 23.3 Å². The number of hydrogen-bond donors (Lipinski definition) is 1. The highest BCUT2D eigenvalue weighted by atomic mass is 32.2. The summed E-state index contributed by atoms with van der Waals surface area (Å²) in [5.74, 6) is -0.0989. The summed E-state index contributed by atoms with van der Waals surface area (Å²) >= 11 is -1.21. The van der Waals surface area contributed by atoms with E-state index in [-0.39, 0.29) is 17.0 Å². The zero-order chi connectivity index (χ0) is 15.9. The molecule has 0 aliphatic carbocycles. The number of allylic oxidation sites excluding steroid dienone is 4. The lowest BCUT2D eigenvalue weighted by atomic mass is 10.1. The quantitative estimate of drug-likeness (QED) is 0.341. The average molecular weight is 296 g/mol. The maximum Gasteiger partial charge on any atom is 0.217 e. The minimum atomic E-state index is -1.21. The Kier molecular flexibility index (Phi) is 8.74. The molecule has 3 atom stereocenters. The zero-order valence-corrected chi connectivity index (χ0v) is 14.6. The Hall–Kier alpha value is -0.870. The van der Waals surface area contributed by atoms with E-state index in [0.29, 0.717) is 0 Å². The molecule has 1 N–H and O–H groups in total. The van der Waals surface area contributed by atoms with Gasteiger partial charge >= 0.3 is 0 Å². The molecule has 0 radical (unpaired) electrons. The number of nitrogens with zero attached hydrogens (tertiary/aromatic N) is 1. The lowest BCUT2D eigenvalue weighted by molar-refractivity contribution is 0.592. The van der Waals surface area contributed by atoms with Gasteiger partial charge in [0, 0.05) is 5.71 Å². The van der Waals surface area contributed by atoms with Gasteiger partial charge in [-0.3, -0.25) is 10.4 Å². The molecule has 0 heterocycles. The van der Waals surface area contributed by atoms with Crippen LogP contribution in [0.2, 0.25) is 0 Å². The van der Waals surface area contributed by atoms with E-state index >= 15 is 0 Å². The summed E-state index contributed by atoms with van der Waals surface area (Å²) in [6, 6.07) is -0.0346.